The van der Waals surface area contributed by atoms with E-state index in [-0.39, 0.29) is 11.9 Å². The van der Waals surface area contributed by atoms with Gasteiger partial charge in [0.15, 0.2) is 5.78 Å². The van der Waals surface area contributed by atoms with E-state index in [2.05, 4.69) is 10.2 Å². The minimum atomic E-state index is -0.153. The number of hydrogen-bond acceptors (Lipinski definition) is 5. The molecular weight excluding hydrogens is 302 g/mol. The Hall–Kier alpha value is -1.46. The van der Waals surface area contributed by atoms with Crippen molar-refractivity contribution < 1.29 is 9.90 Å². The predicted molar refractivity (Wildman–Crippen MR) is 93.4 cm³/mol. The lowest BCUT2D eigenvalue weighted by molar-refractivity contribution is 0.0265. The molecule has 0 amide bonds. The number of aliphatic hydroxyl groups is 1. The summed E-state index contributed by atoms with van der Waals surface area (Å²) < 4.78 is 0. The number of aryl methyl sites for hydroxylation is 1. The van der Waals surface area contributed by atoms with Gasteiger partial charge in [0.25, 0.3) is 0 Å². The van der Waals surface area contributed by atoms with E-state index in [4.69, 9.17) is 4.98 Å². The van der Waals surface area contributed by atoms with Gasteiger partial charge in [0.1, 0.15) is 5.82 Å². The van der Waals surface area contributed by atoms with Crippen LogP contribution in [0.15, 0.2) is 12.1 Å². The van der Waals surface area contributed by atoms with Gasteiger partial charge in [-0.3, -0.25) is 4.79 Å². The molecule has 0 radical (unpaired) electrons. The van der Waals surface area contributed by atoms with E-state index >= 15 is 0 Å². The van der Waals surface area contributed by atoms with Crippen molar-refractivity contribution in [3.8, 4) is 0 Å². The molecule has 0 aromatic carbocycles. The second-order valence-corrected chi connectivity index (χ2v) is 7.49. The molecule has 2 N–H and O–H groups in total. The lowest BCUT2D eigenvalue weighted by atomic mass is 9.80. The van der Waals surface area contributed by atoms with Crippen molar-refractivity contribution in [3.63, 3.8) is 0 Å². The van der Waals surface area contributed by atoms with Gasteiger partial charge in [-0.05, 0) is 69.2 Å². The molecule has 2 saturated heterocycles. The summed E-state index contributed by atoms with van der Waals surface area (Å²) in [6.45, 7) is 3.98. The maximum atomic E-state index is 11.7. The van der Waals surface area contributed by atoms with Crippen molar-refractivity contribution in [2.45, 2.75) is 44.6 Å². The van der Waals surface area contributed by atoms with Gasteiger partial charge in [-0.25, -0.2) is 4.98 Å². The Bertz CT molecular complexity index is 605. The third-order valence-electron chi connectivity index (χ3n) is 6.06. The topological polar surface area (TPSA) is 65.5 Å². The highest BCUT2D eigenvalue weighted by Crippen LogP contribution is 2.31. The largest absolute Gasteiger partial charge is 0.393 e. The number of carbonyl (C=O) groups is 1. The molecule has 2 aliphatic heterocycles. The van der Waals surface area contributed by atoms with Gasteiger partial charge in [-0.2, -0.15) is 0 Å². The molecule has 1 unspecified atom stereocenters. The number of aromatic nitrogens is 1. The number of piperidine rings is 2. The SMILES string of the molecule is O=C1CCc2nc(N3CCC(C(O)C4CCNCC4)CC3)ccc21. The number of pyridine rings is 1. The summed E-state index contributed by atoms with van der Waals surface area (Å²) in [6.07, 6.45) is 5.50. The van der Waals surface area contributed by atoms with Gasteiger partial charge in [-0.1, -0.05) is 0 Å². The molecule has 3 aliphatic rings. The fraction of sp³-hybridized carbons (Fsp3) is 0.684. The molecule has 1 atom stereocenters. The summed E-state index contributed by atoms with van der Waals surface area (Å²) in [7, 11) is 0. The fourth-order valence-corrected chi connectivity index (χ4v) is 4.52. The van der Waals surface area contributed by atoms with Crippen LogP contribution in [0, 0.1) is 11.8 Å². The fourth-order valence-electron chi connectivity index (χ4n) is 4.52. The molecule has 4 rings (SSSR count). The number of ketones is 1. The molecular formula is C19H27N3O2. The smallest absolute Gasteiger partial charge is 0.165 e. The molecule has 5 nitrogen and oxygen atoms in total. The second-order valence-electron chi connectivity index (χ2n) is 7.49. The van der Waals surface area contributed by atoms with Gasteiger partial charge in [0.2, 0.25) is 0 Å². The van der Waals surface area contributed by atoms with Gasteiger partial charge in [0, 0.05) is 25.1 Å². The van der Waals surface area contributed by atoms with Crippen molar-refractivity contribution in [2.75, 3.05) is 31.1 Å². The number of nitrogens with zero attached hydrogens (tertiary/aromatic N) is 2. The van der Waals surface area contributed by atoms with Crippen molar-refractivity contribution in [1.29, 1.82) is 0 Å². The number of fused-ring (bicyclic) bond motifs is 1. The van der Waals surface area contributed by atoms with Crippen LogP contribution in [-0.4, -0.2) is 48.2 Å². The third kappa shape index (κ3) is 3.07. The first-order valence-electron chi connectivity index (χ1n) is 9.39. The quantitative estimate of drug-likeness (QED) is 0.885. The normalized spacial score (nSPS) is 24.2. The van der Waals surface area contributed by atoms with Crippen LogP contribution in [0.5, 0.6) is 0 Å². The third-order valence-corrected chi connectivity index (χ3v) is 6.06. The van der Waals surface area contributed by atoms with Crippen LogP contribution in [0.4, 0.5) is 5.82 Å². The molecule has 1 aromatic heterocycles. The molecule has 0 saturated carbocycles. The Morgan fingerprint density at radius 3 is 2.54 bits per heavy atom. The monoisotopic (exact) mass is 329 g/mol. The van der Waals surface area contributed by atoms with Crippen molar-refractivity contribution in [1.82, 2.24) is 10.3 Å². The molecule has 1 aromatic rings. The van der Waals surface area contributed by atoms with Crippen LogP contribution in [0.25, 0.3) is 0 Å². The number of anilines is 1. The summed E-state index contributed by atoms with van der Waals surface area (Å²) in [4.78, 5) is 18.8. The summed E-state index contributed by atoms with van der Waals surface area (Å²) in [5.74, 6) is 2.11. The maximum Gasteiger partial charge on any atom is 0.165 e. The summed E-state index contributed by atoms with van der Waals surface area (Å²) in [6, 6.07) is 3.94. The minimum absolute atomic E-state index is 0.153. The summed E-state index contributed by atoms with van der Waals surface area (Å²) in [5.41, 5.74) is 1.78. The zero-order valence-electron chi connectivity index (χ0n) is 14.2. The number of nitrogens with one attached hydrogen (secondary N) is 1. The average Bonchev–Trinajstić information content (AvgIpc) is 3.02. The van der Waals surface area contributed by atoms with E-state index in [0.29, 0.717) is 18.3 Å². The number of aliphatic hydroxyl groups excluding tert-OH is 1. The minimum Gasteiger partial charge on any atom is -0.393 e. The van der Waals surface area contributed by atoms with Gasteiger partial charge in [0.05, 0.1) is 11.8 Å². The van der Waals surface area contributed by atoms with Gasteiger partial charge < -0.3 is 15.3 Å². The first-order chi connectivity index (χ1) is 11.7. The zero-order valence-corrected chi connectivity index (χ0v) is 14.2. The lowest BCUT2D eigenvalue weighted by Gasteiger charge is -2.38. The number of carbonyl (C=O) groups excluding carboxylic acids is 1. The Morgan fingerprint density at radius 1 is 1.08 bits per heavy atom. The van der Waals surface area contributed by atoms with E-state index in [1.807, 2.05) is 12.1 Å². The number of Topliss-reactive ketones (excluding diaryl/α,β-unsaturated/α-hetero) is 1. The Labute approximate surface area is 143 Å². The Kier molecular flexibility index (Phi) is 4.55. The highest BCUT2D eigenvalue weighted by Gasteiger charge is 2.32. The standard InChI is InChI=1S/C19H27N3O2/c23-17-3-2-16-15(17)1-4-18(21-16)22-11-7-14(8-12-22)19(24)13-5-9-20-10-6-13/h1,4,13-14,19-20,24H,2-3,5-12H2. The van der Waals surface area contributed by atoms with Crippen LogP contribution < -0.4 is 10.2 Å². The van der Waals surface area contributed by atoms with Crippen LogP contribution in [0.1, 0.15) is 48.2 Å². The highest BCUT2D eigenvalue weighted by molar-refractivity contribution is 6.00. The molecule has 5 heteroatoms. The molecule has 3 heterocycles. The van der Waals surface area contributed by atoms with Crippen LogP contribution in [0.2, 0.25) is 0 Å². The van der Waals surface area contributed by atoms with Crippen molar-refractivity contribution >= 4 is 11.6 Å². The molecule has 0 spiro atoms. The predicted octanol–water partition coefficient (Wildman–Crippen LogP) is 1.79. The molecule has 130 valence electrons. The highest BCUT2D eigenvalue weighted by atomic mass is 16.3. The van der Waals surface area contributed by atoms with Crippen LogP contribution >= 0.6 is 0 Å². The van der Waals surface area contributed by atoms with Gasteiger partial charge in [-0.15, -0.1) is 0 Å². The van der Waals surface area contributed by atoms with E-state index in [9.17, 15) is 9.90 Å². The van der Waals surface area contributed by atoms with Crippen molar-refractivity contribution in [2.24, 2.45) is 11.8 Å². The molecule has 2 fully saturated rings. The van der Waals surface area contributed by atoms with Crippen molar-refractivity contribution in [3.05, 3.63) is 23.4 Å². The van der Waals surface area contributed by atoms with E-state index in [0.717, 1.165) is 75.4 Å². The first kappa shape index (κ1) is 16.0. The Balaban J connectivity index is 1.37. The number of rotatable bonds is 3. The zero-order chi connectivity index (χ0) is 16.5. The lowest BCUT2D eigenvalue weighted by Crippen LogP contribution is -2.43. The van der Waals surface area contributed by atoms with Crippen LogP contribution in [0.3, 0.4) is 0 Å². The van der Waals surface area contributed by atoms with E-state index < -0.39 is 0 Å². The van der Waals surface area contributed by atoms with Crippen LogP contribution in [-0.2, 0) is 6.42 Å². The first-order valence-corrected chi connectivity index (χ1v) is 9.39. The molecule has 0 bridgehead atoms. The second kappa shape index (κ2) is 6.81. The molecule has 24 heavy (non-hydrogen) atoms. The summed E-state index contributed by atoms with van der Waals surface area (Å²) in [5, 5.41) is 14.1. The maximum absolute atomic E-state index is 11.7. The average molecular weight is 329 g/mol. The Morgan fingerprint density at radius 2 is 1.79 bits per heavy atom. The van der Waals surface area contributed by atoms with Gasteiger partial charge >= 0.3 is 0 Å². The number of hydrogen-bond donors (Lipinski definition) is 2. The van der Waals surface area contributed by atoms with E-state index in [1.54, 1.807) is 0 Å². The molecule has 1 aliphatic carbocycles. The van der Waals surface area contributed by atoms with E-state index in [1.165, 1.54) is 0 Å². The summed E-state index contributed by atoms with van der Waals surface area (Å²) >= 11 is 0.